The molecule has 1 rings (SSSR count). The van der Waals surface area contributed by atoms with E-state index in [1.165, 1.54) is 52.7 Å². The third-order valence-electron chi connectivity index (χ3n) is 8.73. The molecule has 1 N–H and O–H groups in total. The zero-order valence-electron chi connectivity index (χ0n) is 44.2. The van der Waals surface area contributed by atoms with Crippen LogP contribution >= 0.6 is 0 Å². The number of nitrogens with one attached hydrogen (secondary N) is 1. The van der Waals surface area contributed by atoms with E-state index in [1.54, 1.807) is 40.0 Å². The number of amides is 5. The maximum Gasteiger partial charge on any atom is 0.330 e. The quantitative estimate of drug-likeness (QED) is 0.0775. The van der Waals surface area contributed by atoms with Gasteiger partial charge in [0.2, 0.25) is 29.5 Å². The molecule has 0 saturated carbocycles. The van der Waals surface area contributed by atoms with Crippen molar-refractivity contribution in [3.63, 3.8) is 0 Å². The summed E-state index contributed by atoms with van der Waals surface area (Å²) in [5, 5.41) is 2.64. The molecule has 1 fully saturated rings. The first-order valence-corrected chi connectivity index (χ1v) is 23.0. The summed E-state index contributed by atoms with van der Waals surface area (Å²) in [4.78, 5) is 85.4. The summed E-state index contributed by atoms with van der Waals surface area (Å²) < 4.78 is 9.67. The summed E-state index contributed by atoms with van der Waals surface area (Å²) in [7, 11) is 6.78. The molecule has 0 aromatic rings. The number of carbonyl (C=O) groups excluding carboxylic acids is 7. The minimum Gasteiger partial charge on any atom is -0.462 e. The highest BCUT2D eigenvalue weighted by Crippen LogP contribution is 2.08. The third kappa shape index (κ3) is 51.2. The number of carbonyl (C=O) groups is 7. The van der Waals surface area contributed by atoms with Gasteiger partial charge in [0.05, 0.1) is 6.61 Å². The molecule has 0 radical (unpaired) electrons. The Labute approximate surface area is 407 Å². The van der Waals surface area contributed by atoms with Crippen LogP contribution < -0.4 is 5.32 Å². The zero-order valence-corrected chi connectivity index (χ0v) is 44.2. The van der Waals surface area contributed by atoms with Gasteiger partial charge in [0.15, 0.2) is 0 Å². The second-order valence-corrected chi connectivity index (χ2v) is 14.7. The smallest absolute Gasteiger partial charge is 0.330 e. The molecule has 67 heavy (non-hydrogen) atoms. The maximum atomic E-state index is 11.0. The van der Waals surface area contributed by atoms with Gasteiger partial charge in [-0.1, -0.05) is 73.7 Å². The first-order valence-electron chi connectivity index (χ1n) is 23.0. The van der Waals surface area contributed by atoms with Crippen molar-refractivity contribution in [2.45, 2.75) is 94.0 Å². The lowest BCUT2D eigenvalue weighted by Crippen LogP contribution is -2.34. The number of ether oxygens (including phenoxy) is 2. The topological polar surface area (TPSA) is 169 Å². The molecule has 0 spiro atoms. The molecule has 0 bridgehead atoms. The van der Waals surface area contributed by atoms with Crippen LogP contribution in [0.4, 0.5) is 0 Å². The first kappa shape index (κ1) is 73.0. The van der Waals surface area contributed by atoms with Crippen LogP contribution in [-0.2, 0) is 43.0 Å². The minimum absolute atomic E-state index is 0.00926. The Hall–Kier alpha value is -5.61. The first-order chi connectivity index (χ1) is 31.5. The summed E-state index contributed by atoms with van der Waals surface area (Å²) >= 11 is 0. The number of piperidine rings is 1. The van der Waals surface area contributed by atoms with E-state index in [0.29, 0.717) is 18.8 Å². The fraction of sp³-hybridized carbons (Fsp3) is 0.588. The number of likely N-dealkylation sites (N-methyl/N-ethyl adjacent to an activating group) is 4. The van der Waals surface area contributed by atoms with Gasteiger partial charge in [-0.3, -0.25) is 24.0 Å². The summed E-state index contributed by atoms with van der Waals surface area (Å²) in [5.41, 5.74) is 0.579. The van der Waals surface area contributed by atoms with Gasteiger partial charge in [-0.2, -0.15) is 0 Å². The van der Waals surface area contributed by atoms with E-state index in [1.807, 2.05) is 32.6 Å². The predicted molar refractivity (Wildman–Crippen MR) is 277 cm³/mol. The van der Waals surface area contributed by atoms with Gasteiger partial charge in [0.1, 0.15) is 6.61 Å². The van der Waals surface area contributed by atoms with Crippen molar-refractivity contribution in [1.29, 1.82) is 0 Å². The Morgan fingerprint density at radius 1 is 0.582 bits per heavy atom. The molecule has 1 saturated heterocycles. The zero-order chi connectivity index (χ0) is 53.3. The average molecular weight is 948 g/mol. The molecule has 0 unspecified atom stereocenters. The van der Waals surface area contributed by atoms with Crippen LogP contribution in [-0.4, -0.2) is 184 Å². The van der Waals surface area contributed by atoms with E-state index < -0.39 is 0 Å². The van der Waals surface area contributed by atoms with Gasteiger partial charge in [0, 0.05) is 91.2 Å². The van der Waals surface area contributed by atoms with Crippen molar-refractivity contribution in [3.05, 3.63) is 88.1 Å². The highest BCUT2D eigenvalue weighted by Gasteiger charge is 2.12. The number of nitrogens with zero attached hydrogens (tertiary/aromatic N) is 6. The van der Waals surface area contributed by atoms with Gasteiger partial charge in [0.25, 0.3) is 0 Å². The van der Waals surface area contributed by atoms with Crippen LogP contribution in [0.3, 0.4) is 0 Å². The second-order valence-electron chi connectivity index (χ2n) is 14.7. The van der Waals surface area contributed by atoms with Gasteiger partial charge >= 0.3 is 11.9 Å². The average Bonchev–Trinajstić information content (AvgIpc) is 3.33. The Kier molecular flexibility index (Phi) is 56.0. The van der Waals surface area contributed by atoms with Crippen molar-refractivity contribution >= 4 is 41.5 Å². The van der Waals surface area contributed by atoms with E-state index >= 15 is 0 Å². The summed E-state index contributed by atoms with van der Waals surface area (Å²) in [5.74, 6) is -0.758. The van der Waals surface area contributed by atoms with Crippen LogP contribution in [0, 0.1) is 0 Å². The van der Waals surface area contributed by atoms with E-state index in [9.17, 15) is 33.6 Å². The van der Waals surface area contributed by atoms with E-state index in [4.69, 9.17) is 9.47 Å². The van der Waals surface area contributed by atoms with Crippen LogP contribution in [0.1, 0.15) is 88.0 Å². The van der Waals surface area contributed by atoms with Crippen LogP contribution in [0.15, 0.2) is 88.1 Å². The summed E-state index contributed by atoms with van der Waals surface area (Å²) in [6, 6.07) is 0.209. The number of hydrogen-bond acceptors (Lipinski definition) is 11. The van der Waals surface area contributed by atoms with Crippen molar-refractivity contribution in [1.82, 2.24) is 34.7 Å². The fourth-order valence-corrected chi connectivity index (χ4v) is 4.75. The summed E-state index contributed by atoms with van der Waals surface area (Å²) in [6.45, 7) is 51.5. The van der Waals surface area contributed by atoms with Gasteiger partial charge < -0.3 is 44.2 Å². The molecule has 386 valence electrons. The lowest BCUT2D eigenvalue weighted by atomic mass is 10.1. The highest BCUT2D eigenvalue weighted by molar-refractivity contribution is 5.91. The summed E-state index contributed by atoms with van der Waals surface area (Å²) in [6.07, 6.45) is 12.1. The number of hydrogen-bond donors (Lipinski definition) is 1. The number of likely N-dealkylation sites (tertiary alicyclic amines) is 1. The molecule has 1 aliphatic rings. The van der Waals surface area contributed by atoms with Crippen LogP contribution in [0.25, 0.3) is 0 Å². The van der Waals surface area contributed by atoms with E-state index in [0.717, 1.165) is 84.7 Å². The molecule has 1 aliphatic heterocycles. The maximum absolute atomic E-state index is 11.0. The standard InChI is InChI=1S/C10H19NO2.C9H17NO2.C8H13NO.C7H13NO.2C6H11NO.C5H9NO/c1-4-10(12)13-9-7-8-11(5-2)6-3;1-4-9(11)12-8-7-10(5-2)6-3;1-2-8(10)9-6-4-3-5-7-9;1-4-7(9)8(5-2)6-3;1-5(2)6(8)7(3)4;1-4-6(8)7-5(2)3;1-4-5(7)6(2)3/h4H,1,5-9H2,2-3H3;4H,1,5-8H2,2-3H3;2H,1,3-7H2;4H,1,5-6H2,2-3H3;1H2,2-4H3;4-5H,1H2,2-3H3,(H,7,8);4H,1H2,2-3H3. The van der Waals surface area contributed by atoms with Crippen LogP contribution in [0.5, 0.6) is 0 Å². The van der Waals surface area contributed by atoms with Crippen molar-refractivity contribution in [2.75, 3.05) is 107 Å². The number of rotatable bonds is 21. The highest BCUT2D eigenvalue weighted by atomic mass is 16.5. The lowest BCUT2D eigenvalue weighted by Gasteiger charge is -2.25. The Morgan fingerprint density at radius 2 is 1.01 bits per heavy atom. The molecule has 0 aliphatic carbocycles. The molecule has 16 nitrogen and oxygen atoms in total. The minimum atomic E-state index is -0.345. The molecular weight excluding hydrogens is 855 g/mol. The van der Waals surface area contributed by atoms with E-state index in [2.05, 4.69) is 88.9 Å². The van der Waals surface area contributed by atoms with Crippen molar-refractivity contribution < 1.29 is 43.0 Å². The van der Waals surface area contributed by atoms with Gasteiger partial charge in [-0.15, -0.1) is 0 Å². The van der Waals surface area contributed by atoms with Crippen LogP contribution in [0.2, 0.25) is 0 Å². The third-order valence-corrected chi connectivity index (χ3v) is 8.73. The molecule has 0 aromatic carbocycles. The Morgan fingerprint density at radius 3 is 1.27 bits per heavy atom. The van der Waals surface area contributed by atoms with Gasteiger partial charge in [-0.25, -0.2) is 9.59 Å². The molecule has 1 heterocycles. The molecular formula is C51H93N7O9. The largest absolute Gasteiger partial charge is 0.462 e. The molecule has 5 amide bonds. The Bertz CT molecular complexity index is 1430. The molecule has 16 heteroatoms. The monoisotopic (exact) mass is 948 g/mol. The lowest BCUT2D eigenvalue weighted by molar-refractivity contribution is -0.138. The molecule has 0 aromatic heterocycles. The van der Waals surface area contributed by atoms with Gasteiger partial charge in [-0.05, 0) is 111 Å². The fourth-order valence-electron chi connectivity index (χ4n) is 4.75. The molecule has 0 atom stereocenters. The predicted octanol–water partition coefficient (Wildman–Crippen LogP) is 6.34. The Balaban J connectivity index is -0.000000164. The number of esters is 2. The van der Waals surface area contributed by atoms with Crippen molar-refractivity contribution in [3.8, 4) is 0 Å². The van der Waals surface area contributed by atoms with Crippen molar-refractivity contribution in [2.24, 2.45) is 0 Å². The SMILES string of the molecule is C=C(C)C(=O)N(C)C.C=CC(=O)N(C)C.C=CC(=O)N(CC)CC.C=CC(=O)N1CCCCC1.C=CC(=O)NC(C)C.C=CC(=O)OCCCN(CC)CC.C=CC(=O)OCCN(CC)CC. The second kappa shape index (κ2) is 51.4. The van der Waals surface area contributed by atoms with E-state index in [-0.39, 0.29) is 47.5 Å². The normalized spacial score (nSPS) is 10.5.